The number of rotatable bonds is 7. The lowest BCUT2D eigenvalue weighted by Crippen LogP contribution is -2.36. The zero-order valence-electron chi connectivity index (χ0n) is 21.7. The topological polar surface area (TPSA) is 137 Å². The fraction of sp³-hybridized carbons (Fsp3) is 0.179. The van der Waals surface area contributed by atoms with Crippen LogP contribution in [0.25, 0.3) is 27.8 Å². The molecule has 11 nitrogen and oxygen atoms in total. The molecular weight excluding hydrogens is 530 g/mol. The van der Waals surface area contributed by atoms with Crippen LogP contribution in [0.1, 0.15) is 0 Å². The summed E-state index contributed by atoms with van der Waals surface area (Å²) in [6.07, 6.45) is 4.41. The highest BCUT2D eigenvalue weighted by Gasteiger charge is 2.19. The normalized spacial score (nSPS) is 13.9. The van der Waals surface area contributed by atoms with Gasteiger partial charge in [0.1, 0.15) is 10.6 Å². The first-order valence-corrected chi connectivity index (χ1v) is 14.1. The van der Waals surface area contributed by atoms with Gasteiger partial charge in [-0.25, -0.2) is 18.4 Å². The number of hydrogen-bond acceptors (Lipinski definition) is 9. The number of aromatic nitrogens is 4. The molecule has 3 N–H and O–H groups in total. The lowest BCUT2D eigenvalue weighted by molar-refractivity contribution is 0.122. The molecule has 1 aliphatic rings. The Hall–Kier alpha value is -4.68. The van der Waals surface area contributed by atoms with E-state index in [-0.39, 0.29) is 16.5 Å². The van der Waals surface area contributed by atoms with Gasteiger partial charge in [-0.2, -0.15) is 0 Å². The fourth-order valence-electron chi connectivity index (χ4n) is 4.73. The number of ether oxygens (including phenoxy) is 2. The monoisotopic (exact) mass is 557 g/mol. The molecule has 0 amide bonds. The molecule has 0 saturated carbocycles. The van der Waals surface area contributed by atoms with E-state index in [0.29, 0.717) is 11.5 Å². The molecular formula is C28H27N7O4S. The lowest BCUT2D eigenvalue weighted by atomic mass is 10.1. The largest absolute Gasteiger partial charge is 0.480 e. The molecule has 0 unspecified atom stereocenters. The molecule has 0 bridgehead atoms. The van der Waals surface area contributed by atoms with E-state index in [2.05, 4.69) is 36.7 Å². The Morgan fingerprint density at radius 1 is 0.975 bits per heavy atom. The van der Waals surface area contributed by atoms with Gasteiger partial charge in [-0.05, 0) is 60.2 Å². The van der Waals surface area contributed by atoms with Crippen molar-refractivity contribution in [1.82, 2.24) is 19.5 Å². The molecule has 1 aliphatic heterocycles. The van der Waals surface area contributed by atoms with Crippen LogP contribution in [0.2, 0.25) is 0 Å². The molecule has 2 aromatic carbocycles. The summed E-state index contributed by atoms with van der Waals surface area (Å²) in [5.74, 6) is 0.510. The second-order valence-electron chi connectivity index (χ2n) is 9.20. The second-order valence-corrected chi connectivity index (χ2v) is 10.9. The molecule has 12 heteroatoms. The van der Waals surface area contributed by atoms with Gasteiger partial charge in [-0.3, -0.25) is 14.3 Å². The predicted molar refractivity (Wildman–Crippen MR) is 153 cm³/mol. The van der Waals surface area contributed by atoms with Crippen molar-refractivity contribution >= 4 is 38.4 Å². The molecule has 1 saturated heterocycles. The SMILES string of the molecule is COc1ncc(-c2ccc3nc(N)n(-c4ccc(N5CCOCC5)cc4)c3c2)cc1NS(=O)(=O)c1cccnc1. The van der Waals surface area contributed by atoms with E-state index in [1.807, 2.05) is 34.9 Å². The minimum absolute atomic E-state index is 0.0305. The highest BCUT2D eigenvalue weighted by molar-refractivity contribution is 7.92. The number of nitrogen functional groups attached to an aromatic ring is 1. The molecule has 0 atom stereocenters. The van der Waals surface area contributed by atoms with Gasteiger partial charge in [0.05, 0.1) is 31.4 Å². The van der Waals surface area contributed by atoms with Crippen molar-refractivity contribution in [3.63, 3.8) is 0 Å². The van der Waals surface area contributed by atoms with Gasteiger partial charge >= 0.3 is 0 Å². The zero-order chi connectivity index (χ0) is 27.7. The van der Waals surface area contributed by atoms with Crippen LogP contribution in [0.15, 0.2) is 84.1 Å². The van der Waals surface area contributed by atoms with E-state index in [9.17, 15) is 8.42 Å². The standard InChI is InChI=1S/C28H27N7O4S/c1-38-27-25(33-40(36,37)23-3-2-10-30-18-23)15-20(17-31-27)19-4-9-24-26(16-19)35(28(29)32-24)22-7-5-21(6-8-22)34-11-13-39-14-12-34/h2-10,15-18,33H,11-14H2,1H3,(H2,29,32). The first kappa shape index (κ1) is 25.6. The van der Waals surface area contributed by atoms with Crippen LogP contribution >= 0.6 is 0 Å². The summed E-state index contributed by atoms with van der Waals surface area (Å²) in [6, 6.07) is 18.6. The molecule has 204 valence electrons. The summed E-state index contributed by atoms with van der Waals surface area (Å²) in [4.78, 5) is 15.1. The van der Waals surface area contributed by atoms with Crippen LogP contribution in [0.3, 0.4) is 0 Å². The number of sulfonamides is 1. The number of imidazole rings is 1. The number of nitrogens with two attached hydrogens (primary N) is 1. The molecule has 0 aliphatic carbocycles. The number of pyridine rings is 2. The van der Waals surface area contributed by atoms with E-state index < -0.39 is 10.0 Å². The van der Waals surface area contributed by atoms with E-state index in [1.165, 1.54) is 25.6 Å². The third-order valence-electron chi connectivity index (χ3n) is 6.73. The van der Waals surface area contributed by atoms with Crippen LogP contribution in [-0.2, 0) is 14.8 Å². The summed E-state index contributed by atoms with van der Waals surface area (Å²) in [5, 5.41) is 0. The second kappa shape index (κ2) is 10.5. The maximum absolute atomic E-state index is 13.0. The average Bonchev–Trinajstić information content (AvgIpc) is 3.32. The lowest BCUT2D eigenvalue weighted by Gasteiger charge is -2.29. The van der Waals surface area contributed by atoms with E-state index in [0.717, 1.165) is 54.3 Å². The number of hydrogen-bond donors (Lipinski definition) is 2. The van der Waals surface area contributed by atoms with Crippen LogP contribution in [-0.4, -0.2) is 61.3 Å². The molecule has 0 spiro atoms. The Bertz CT molecular complexity index is 1770. The van der Waals surface area contributed by atoms with Crippen LogP contribution in [0.5, 0.6) is 5.88 Å². The molecule has 5 aromatic rings. The van der Waals surface area contributed by atoms with E-state index >= 15 is 0 Å². The number of anilines is 3. The smallest absolute Gasteiger partial charge is 0.263 e. The van der Waals surface area contributed by atoms with Crippen molar-refractivity contribution < 1.29 is 17.9 Å². The summed E-state index contributed by atoms with van der Waals surface area (Å²) >= 11 is 0. The maximum Gasteiger partial charge on any atom is 0.263 e. The van der Waals surface area contributed by atoms with Gasteiger partial charge in [-0.15, -0.1) is 0 Å². The number of benzene rings is 2. The minimum atomic E-state index is -3.90. The molecule has 1 fully saturated rings. The Balaban J connectivity index is 1.36. The zero-order valence-corrected chi connectivity index (χ0v) is 22.5. The third-order valence-corrected chi connectivity index (χ3v) is 8.08. The minimum Gasteiger partial charge on any atom is -0.480 e. The Morgan fingerprint density at radius 2 is 1.75 bits per heavy atom. The summed E-state index contributed by atoms with van der Waals surface area (Å²) < 4.78 is 41.2. The van der Waals surface area contributed by atoms with Gasteiger partial charge < -0.3 is 20.1 Å². The predicted octanol–water partition coefficient (Wildman–Crippen LogP) is 3.71. The summed E-state index contributed by atoms with van der Waals surface area (Å²) in [6.45, 7) is 3.15. The van der Waals surface area contributed by atoms with Gasteiger partial charge in [0.25, 0.3) is 10.0 Å². The van der Waals surface area contributed by atoms with Crippen molar-refractivity contribution in [3.8, 4) is 22.7 Å². The van der Waals surface area contributed by atoms with Crippen LogP contribution in [0.4, 0.5) is 17.3 Å². The first-order valence-electron chi connectivity index (χ1n) is 12.6. The Kier molecular flexibility index (Phi) is 6.70. The quantitative estimate of drug-likeness (QED) is 0.307. The van der Waals surface area contributed by atoms with E-state index in [1.54, 1.807) is 18.3 Å². The van der Waals surface area contributed by atoms with Crippen molar-refractivity contribution in [2.75, 3.05) is 48.8 Å². The van der Waals surface area contributed by atoms with Crippen molar-refractivity contribution in [3.05, 3.63) is 79.3 Å². The first-order chi connectivity index (χ1) is 19.4. The van der Waals surface area contributed by atoms with Gasteiger partial charge in [0.15, 0.2) is 0 Å². The molecule has 4 heterocycles. The Morgan fingerprint density at radius 3 is 2.48 bits per heavy atom. The highest BCUT2D eigenvalue weighted by Crippen LogP contribution is 2.33. The molecule has 0 radical (unpaired) electrons. The van der Waals surface area contributed by atoms with Gasteiger partial charge in [0.2, 0.25) is 11.8 Å². The average molecular weight is 558 g/mol. The number of nitrogens with one attached hydrogen (secondary N) is 1. The molecule has 6 rings (SSSR count). The molecule has 3 aromatic heterocycles. The van der Waals surface area contributed by atoms with Crippen molar-refractivity contribution in [2.45, 2.75) is 4.90 Å². The number of methoxy groups -OCH3 is 1. The van der Waals surface area contributed by atoms with Crippen LogP contribution < -0.4 is 20.1 Å². The summed E-state index contributed by atoms with van der Waals surface area (Å²) in [7, 11) is -2.47. The van der Waals surface area contributed by atoms with Crippen molar-refractivity contribution in [1.29, 1.82) is 0 Å². The van der Waals surface area contributed by atoms with E-state index in [4.69, 9.17) is 15.2 Å². The highest BCUT2D eigenvalue weighted by atomic mass is 32.2. The van der Waals surface area contributed by atoms with Crippen molar-refractivity contribution in [2.24, 2.45) is 0 Å². The van der Waals surface area contributed by atoms with Crippen LogP contribution in [0, 0.1) is 0 Å². The number of nitrogens with zero attached hydrogens (tertiary/aromatic N) is 5. The van der Waals surface area contributed by atoms with Gasteiger partial charge in [0, 0.05) is 48.6 Å². The number of morpholine rings is 1. The number of fused-ring (bicyclic) bond motifs is 1. The van der Waals surface area contributed by atoms with Gasteiger partial charge in [-0.1, -0.05) is 6.07 Å². The third kappa shape index (κ3) is 4.90. The summed E-state index contributed by atoms with van der Waals surface area (Å²) in [5.41, 5.74) is 11.6. The maximum atomic E-state index is 13.0. The fourth-order valence-corrected chi connectivity index (χ4v) is 5.75. The molecule has 40 heavy (non-hydrogen) atoms. The Labute approximate surface area is 231 Å².